The predicted octanol–water partition coefficient (Wildman–Crippen LogP) is 8.91. The summed E-state index contributed by atoms with van der Waals surface area (Å²) in [6.07, 6.45) is 7.51. The number of unbranched alkanes of at least 4 members (excludes halogenated alkanes) is 2. The summed E-state index contributed by atoms with van der Waals surface area (Å²) < 4.78 is 2.27. The van der Waals surface area contributed by atoms with E-state index in [1.807, 2.05) is 30.3 Å². The van der Waals surface area contributed by atoms with Gasteiger partial charge in [-0.25, -0.2) is 0 Å². The summed E-state index contributed by atoms with van der Waals surface area (Å²) in [4.78, 5) is 44.1. The third-order valence-electron chi connectivity index (χ3n) is 10.9. The molecule has 0 amide bonds. The lowest BCUT2D eigenvalue weighted by molar-refractivity contribution is -0.438. The van der Waals surface area contributed by atoms with E-state index in [4.69, 9.17) is 0 Å². The molecule has 0 N–H and O–H groups in total. The molecule has 244 valence electrons. The zero-order chi connectivity index (χ0) is 34.0. The Kier molecular flexibility index (Phi) is 7.85. The Morgan fingerprint density at radius 1 is 0.729 bits per heavy atom. The molecule has 2 aliphatic heterocycles. The standard InChI is InChI=1S/C43H45N2O3/c1-7-9-19-44-35-23-29-17-13-11-15-27(29)21-33(35)42(3,4)37(44)25-31-39(46)32(41(48)40(31)47)26-38-43(5,6)34-22-28-16-12-14-18-30(28)24-36(34)45(38)20-10-8-2/h11-18,21-26,31H,7-10,19-20H2,1-6H3/q+1/b32-26-,37-25+. The number of rotatable bonds is 8. The third kappa shape index (κ3) is 4.89. The maximum Gasteiger partial charge on any atom is 0.233 e. The molecule has 0 aromatic heterocycles. The van der Waals surface area contributed by atoms with Crippen molar-refractivity contribution in [2.45, 2.75) is 78.1 Å². The second kappa shape index (κ2) is 11.8. The monoisotopic (exact) mass is 637 g/mol. The zero-order valence-electron chi connectivity index (χ0n) is 29.0. The van der Waals surface area contributed by atoms with Gasteiger partial charge in [-0.15, -0.1) is 0 Å². The minimum Gasteiger partial charge on any atom is -0.344 e. The Morgan fingerprint density at radius 2 is 1.31 bits per heavy atom. The maximum absolute atomic E-state index is 14.3. The number of ketones is 3. The molecule has 1 atom stereocenters. The van der Waals surface area contributed by atoms with Crippen LogP contribution in [-0.2, 0) is 25.2 Å². The topological polar surface area (TPSA) is 57.5 Å². The van der Waals surface area contributed by atoms with Crippen molar-refractivity contribution >= 4 is 56.0 Å². The lowest BCUT2D eigenvalue weighted by Gasteiger charge is -2.28. The number of nitrogens with zero attached hydrogens (tertiary/aromatic N) is 2. The highest BCUT2D eigenvalue weighted by atomic mass is 16.2. The maximum atomic E-state index is 14.3. The highest BCUT2D eigenvalue weighted by Crippen LogP contribution is 2.50. The van der Waals surface area contributed by atoms with Gasteiger partial charge in [-0.3, -0.25) is 14.4 Å². The average molecular weight is 638 g/mol. The molecule has 4 aromatic carbocycles. The number of carbonyl (C=O) groups is 3. The molecule has 1 saturated carbocycles. The molecule has 0 bridgehead atoms. The highest BCUT2D eigenvalue weighted by Gasteiger charge is 2.50. The fourth-order valence-electron chi connectivity index (χ4n) is 8.04. The lowest BCUT2D eigenvalue weighted by Crippen LogP contribution is -2.29. The van der Waals surface area contributed by atoms with Crippen molar-refractivity contribution in [3.63, 3.8) is 0 Å². The number of carbonyl (C=O) groups excluding carboxylic acids is 3. The van der Waals surface area contributed by atoms with Gasteiger partial charge < -0.3 is 4.90 Å². The molecule has 1 aliphatic carbocycles. The van der Waals surface area contributed by atoms with Crippen molar-refractivity contribution in [3.8, 4) is 0 Å². The van der Waals surface area contributed by atoms with E-state index in [1.165, 1.54) is 5.56 Å². The average Bonchev–Trinajstić information content (AvgIpc) is 3.50. The molecule has 1 fully saturated rings. The SMILES string of the molecule is CCCCN1/C(=C/C2C(=O)C(=O)/C(=C\C3=[N+](CCCC)c4cc5ccccc5cc4C3(C)C)C2=O)C(C)(C)c2cc3ccccc3cc21. The van der Waals surface area contributed by atoms with Crippen LogP contribution in [0.2, 0.25) is 0 Å². The highest BCUT2D eigenvalue weighted by molar-refractivity contribution is 6.60. The summed E-state index contributed by atoms with van der Waals surface area (Å²) in [6, 6.07) is 25.6. The molecule has 5 heteroatoms. The van der Waals surface area contributed by atoms with E-state index in [0.717, 1.165) is 88.7 Å². The molecule has 7 rings (SSSR count). The molecule has 4 aromatic rings. The third-order valence-corrected chi connectivity index (χ3v) is 10.9. The van der Waals surface area contributed by atoms with Crippen LogP contribution >= 0.6 is 0 Å². The molecule has 2 heterocycles. The Labute approximate surface area is 283 Å². The van der Waals surface area contributed by atoms with E-state index in [0.29, 0.717) is 0 Å². The fourth-order valence-corrected chi connectivity index (χ4v) is 8.04. The summed E-state index contributed by atoms with van der Waals surface area (Å²) >= 11 is 0. The molecule has 3 aliphatic rings. The number of benzene rings is 4. The number of anilines is 1. The first kappa shape index (κ1) is 31.9. The molecule has 48 heavy (non-hydrogen) atoms. The summed E-state index contributed by atoms with van der Waals surface area (Å²) in [6.45, 7) is 14.5. The molecule has 5 nitrogen and oxygen atoms in total. The first-order valence-corrected chi connectivity index (χ1v) is 17.5. The van der Waals surface area contributed by atoms with Crippen molar-refractivity contribution in [1.29, 1.82) is 0 Å². The van der Waals surface area contributed by atoms with Gasteiger partial charge in [0.05, 0.1) is 11.0 Å². The summed E-state index contributed by atoms with van der Waals surface area (Å²) in [5.74, 6) is -2.85. The Balaban J connectivity index is 1.33. The van der Waals surface area contributed by atoms with E-state index >= 15 is 0 Å². The van der Waals surface area contributed by atoms with Crippen LogP contribution in [0.15, 0.2) is 96.2 Å². The van der Waals surface area contributed by atoms with Crippen LogP contribution in [0.1, 0.15) is 78.4 Å². The van der Waals surface area contributed by atoms with Crippen LogP contribution in [0, 0.1) is 5.92 Å². The summed E-state index contributed by atoms with van der Waals surface area (Å²) in [5.41, 5.74) is 5.44. The van der Waals surface area contributed by atoms with Crippen molar-refractivity contribution in [1.82, 2.24) is 0 Å². The predicted molar refractivity (Wildman–Crippen MR) is 196 cm³/mol. The van der Waals surface area contributed by atoms with Gasteiger partial charge >= 0.3 is 0 Å². The quantitative estimate of drug-likeness (QED) is 0.0637. The first-order chi connectivity index (χ1) is 23.0. The van der Waals surface area contributed by atoms with Crippen LogP contribution in [0.3, 0.4) is 0 Å². The summed E-state index contributed by atoms with van der Waals surface area (Å²) in [5, 5.41) is 4.62. The molecular weight excluding hydrogens is 592 g/mol. The van der Waals surface area contributed by atoms with E-state index in [1.54, 1.807) is 6.08 Å². The number of hydrogen-bond donors (Lipinski definition) is 0. The largest absolute Gasteiger partial charge is 0.344 e. The normalized spacial score (nSPS) is 21.4. The van der Waals surface area contributed by atoms with Crippen LogP contribution in [0.4, 0.5) is 11.4 Å². The second-order valence-corrected chi connectivity index (χ2v) is 14.7. The van der Waals surface area contributed by atoms with Crippen molar-refractivity contribution in [2.75, 3.05) is 18.0 Å². The van der Waals surface area contributed by atoms with E-state index in [9.17, 15) is 14.4 Å². The van der Waals surface area contributed by atoms with E-state index < -0.39 is 34.1 Å². The van der Waals surface area contributed by atoms with Crippen molar-refractivity contribution in [3.05, 3.63) is 107 Å². The van der Waals surface area contributed by atoms with Gasteiger partial charge in [0.25, 0.3) is 0 Å². The Hall–Kier alpha value is -4.64. The minimum absolute atomic E-state index is 0.00273. The van der Waals surface area contributed by atoms with Gasteiger partial charge in [-0.1, -0.05) is 89.1 Å². The fraction of sp³-hybridized carbons (Fsp3) is 0.349. The van der Waals surface area contributed by atoms with Crippen LogP contribution in [0.5, 0.6) is 0 Å². The van der Waals surface area contributed by atoms with Gasteiger partial charge in [0.1, 0.15) is 12.5 Å². The van der Waals surface area contributed by atoms with Gasteiger partial charge in [0, 0.05) is 47.5 Å². The van der Waals surface area contributed by atoms with Crippen LogP contribution in [0.25, 0.3) is 21.5 Å². The van der Waals surface area contributed by atoms with Gasteiger partial charge in [0.15, 0.2) is 11.5 Å². The number of fused-ring (bicyclic) bond motifs is 4. The Bertz CT molecular complexity index is 2130. The molecule has 0 spiro atoms. The minimum atomic E-state index is -1.13. The smallest absolute Gasteiger partial charge is 0.233 e. The van der Waals surface area contributed by atoms with E-state index in [2.05, 4.69) is 99.5 Å². The molecule has 0 saturated heterocycles. The summed E-state index contributed by atoms with van der Waals surface area (Å²) in [7, 11) is 0. The Morgan fingerprint density at radius 3 is 1.94 bits per heavy atom. The lowest BCUT2D eigenvalue weighted by atomic mass is 9.80. The molecule has 0 radical (unpaired) electrons. The second-order valence-electron chi connectivity index (χ2n) is 14.7. The molecular formula is C43H45N2O3+. The zero-order valence-corrected chi connectivity index (χ0v) is 29.0. The number of Topliss-reactive ketones (excluding diaryl/α,β-unsaturated/α-hetero) is 3. The van der Waals surface area contributed by atoms with E-state index in [-0.39, 0.29) is 5.57 Å². The van der Waals surface area contributed by atoms with Gasteiger partial charge in [0.2, 0.25) is 17.3 Å². The number of hydrogen-bond acceptors (Lipinski definition) is 4. The van der Waals surface area contributed by atoms with Crippen molar-refractivity contribution < 1.29 is 19.0 Å². The first-order valence-electron chi connectivity index (χ1n) is 17.5. The van der Waals surface area contributed by atoms with Gasteiger partial charge in [-0.2, -0.15) is 4.58 Å². The molecule has 1 unspecified atom stereocenters. The van der Waals surface area contributed by atoms with Crippen LogP contribution in [-0.4, -0.2) is 40.7 Å². The van der Waals surface area contributed by atoms with Gasteiger partial charge in [-0.05, 0) is 71.7 Å². The van der Waals surface area contributed by atoms with Crippen molar-refractivity contribution in [2.24, 2.45) is 5.92 Å². The number of allylic oxidation sites excluding steroid dienone is 4. The van der Waals surface area contributed by atoms with Crippen LogP contribution < -0.4 is 4.90 Å².